The first kappa shape index (κ1) is 18.5. The van der Waals surface area contributed by atoms with E-state index in [1.54, 1.807) is 0 Å². The van der Waals surface area contributed by atoms with E-state index in [9.17, 15) is 14.0 Å². The minimum Gasteiger partial charge on any atom is -0.451 e. The summed E-state index contributed by atoms with van der Waals surface area (Å²) in [5, 5.41) is 5.64. The smallest absolute Gasteiger partial charge is 0.357 e. The van der Waals surface area contributed by atoms with Crippen molar-refractivity contribution >= 4 is 17.6 Å². The molecule has 0 bridgehead atoms. The quantitative estimate of drug-likeness (QED) is 0.626. The van der Waals surface area contributed by atoms with Gasteiger partial charge in [-0.25, -0.2) is 19.2 Å². The van der Waals surface area contributed by atoms with Gasteiger partial charge in [-0.05, 0) is 29.8 Å². The second-order valence-corrected chi connectivity index (χ2v) is 6.38. The Labute approximate surface area is 166 Å². The first-order valence-corrected chi connectivity index (χ1v) is 9.00. The van der Waals surface area contributed by atoms with Crippen molar-refractivity contribution in [1.29, 1.82) is 0 Å². The summed E-state index contributed by atoms with van der Waals surface area (Å²) >= 11 is 0. The summed E-state index contributed by atoms with van der Waals surface area (Å²) in [4.78, 5) is 28.7. The van der Waals surface area contributed by atoms with Gasteiger partial charge in [0.2, 0.25) is 0 Å². The molecule has 0 radical (unpaired) electrons. The van der Waals surface area contributed by atoms with Crippen molar-refractivity contribution in [1.82, 2.24) is 14.6 Å². The number of imidazole rings is 1. The Hall–Kier alpha value is -3.81. The summed E-state index contributed by atoms with van der Waals surface area (Å²) in [6.07, 6.45) is 3.39. The van der Waals surface area contributed by atoms with Crippen LogP contribution < -0.4 is 0 Å². The molecule has 1 amide bonds. The van der Waals surface area contributed by atoms with E-state index in [2.05, 4.69) is 10.1 Å². The number of hydrazone groups is 1. The zero-order valence-electron chi connectivity index (χ0n) is 15.4. The van der Waals surface area contributed by atoms with Gasteiger partial charge in [-0.2, -0.15) is 5.10 Å². The third-order valence-corrected chi connectivity index (χ3v) is 4.48. The number of hydrogen-bond donors (Lipinski definition) is 0. The molecule has 1 aromatic heterocycles. The van der Waals surface area contributed by atoms with Gasteiger partial charge in [0.1, 0.15) is 5.82 Å². The Kier molecular flexibility index (Phi) is 5.15. The van der Waals surface area contributed by atoms with Gasteiger partial charge in [0.25, 0.3) is 5.91 Å². The first-order chi connectivity index (χ1) is 14.1. The number of carbonyl (C=O) groups is 2. The highest BCUT2D eigenvalue weighted by atomic mass is 19.1. The Bertz CT molecular complexity index is 1060. The van der Waals surface area contributed by atoms with Crippen molar-refractivity contribution in [3.63, 3.8) is 0 Å². The molecule has 0 atom stereocenters. The number of aromatic nitrogens is 2. The first-order valence-electron chi connectivity index (χ1n) is 9.00. The predicted octanol–water partition coefficient (Wildman–Crippen LogP) is 2.80. The predicted molar refractivity (Wildman–Crippen MR) is 103 cm³/mol. The molecule has 1 aliphatic heterocycles. The molecule has 1 aliphatic rings. The Morgan fingerprint density at radius 3 is 2.59 bits per heavy atom. The standard InChI is InChI=1S/C21H17FN4O3/c22-16-6-8-17(9-7-16)25-14-23-12-19(25)21(28)29-13-20(27)26-11-10-18(24-26)15-4-2-1-3-5-15/h1-9,12,14H,10-11,13H2. The van der Waals surface area contributed by atoms with Crippen LogP contribution in [-0.4, -0.2) is 45.3 Å². The summed E-state index contributed by atoms with van der Waals surface area (Å²) in [7, 11) is 0. The summed E-state index contributed by atoms with van der Waals surface area (Å²) in [6.45, 7) is 0.00707. The van der Waals surface area contributed by atoms with E-state index < -0.39 is 18.5 Å². The van der Waals surface area contributed by atoms with Gasteiger partial charge in [0.15, 0.2) is 12.3 Å². The van der Waals surface area contributed by atoms with Crippen LogP contribution in [0.5, 0.6) is 0 Å². The van der Waals surface area contributed by atoms with Gasteiger partial charge in [-0.1, -0.05) is 30.3 Å². The van der Waals surface area contributed by atoms with Crippen molar-refractivity contribution in [2.75, 3.05) is 13.2 Å². The fourth-order valence-electron chi connectivity index (χ4n) is 3.00. The maximum atomic E-state index is 13.1. The molecule has 0 unspecified atom stereocenters. The Morgan fingerprint density at radius 1 is 1.07 bits per heavy atom. The van der Waals surface area contributed by atoms with Crippen molar-refractivity contribution in [2.45, 2.75) is 6.42 Å². The number of benzene rings is 2. The second-order valence-electron chi connectivity index (χ2n) is 6.38. The third-order valence-electron chi connectivity index (χ3n) is 4.48. The highest BCUT2D eigenvalue weighted by Crippen LogP contribution is 2.15. The number of nitrogens with zero attached hydrogens (tertiary/aromatic N) is 4. The highest BCUT2D eigenvalue weighted by molar-refractivity contribution is 6.02. The van der Waals surface area contributed by atoms with Crippen LogP contribution in [0.15, 0.2) is 72.2 Å². The van der Waals surface area contributed by atoms with E-state index in [1.165, 1.54) is 46.4 Å². The molecule has 3 aromatic rings. The van der Waals surface area contributed by atoms with E-state index in [1.807, 2.05) is 30.3 Å². The van der Waals surface area contributed by atoms with Gasteiger partial charge in [-0.3, -0.25) is 9.36 Å². The Morgan fingerprint density at radius 2 is 1.83 bits per heavy atom. The molecule has 0 spiro atoms. The number of amides is 1. The molecule has 2 aromatic carbocycles. The van der Waals surface area contributed by atoms with E-state index in [4.69, 9.17) is 4.74 Å². The molecule has 4 rings (SSSR count). The van der Waals surface area contributed by atoms with Crippen LogP contribution in [0.4, 0.5) is 4.39 Å². The fraction of sp³-hybridized carbons (Fsp3) is 0.143. The summed E-state index contributed by atoms with van der Waals surface area (Å²) < 4.78 is 19.7. The maximum absolute atomic E-state index is 13.1. The Balaban J connectivity index is 1.39. The fourth-order valence-corrected chi connectivity index (χ4v) is 3.00. The zero-order valence-corrected chi connectivity index (χ0v) is 15.4. The number of esters is 1. The average molecular weight is 392 g/mol. The van der Waals surface area contributed by atoms with E-state index in [0.717, 1.165) is 11.3 Å². The van der Waals surface area contributed by atoms with Gasteiger partial charge < -0.3 is 4.74 Å². The molecule has 0 N–H and O–H groups in total. The van der Waals surface area contributed by atoms with Crippen LogP contribution >= 0.6 is 0 Å². The summed E-state index contributed by atoms with van der Waals surface area (Å²) in [5.41, 5.74) is 2.47. The molecular weight excluding hydrogens is 375 g/mol. The minimum absolute atomic E-state index is 0.138. The summed E-state index contributed by atoms with van der Waals surface area (Å²) in [6, 6.07) is 15.2. The minimum atomic E-state index is -0.702. The number of ether oxygens (including phenoxy) is 1. The monoisotopic (exact) mass is 392 g/mol. The highest BCUT2D eigenvalue weighted by Gasteiger charge is 2.23. The van der Waals surface area contributed by atoms with Crippen molar-refractivity contribution < 1.29 is 18.7 Å². The molecule has 146 valence electrons. The molecule has 29 heavy (non-hydrogen) atoms. The van der Waals surface area contributed by atoms with Gasteiger partial charge >= 0.3 is 5.97 Å². The number of carbonyl (C=O) groups excluding carboxylic acids is 2. The normalized spacial score (nSPS) is 13.3. The molecular formula is C21H17FN4O3. The van der Waals surface area contributed by atoms with Crippen LogP contribution in [0.3, 0.4) is 0 Å². The van der Waals surface area contributed by atoms with Crippen LogP contribution in [0.1, 0.15) is 22.5 Å². The lowest BCUT2D eigenvalue weighted by atomic mass is 10.1. The van der Waals surface area contributed by atoms with Crippen molar-refractivity contribution in [3.8, 4) is 5.69 Å². The second kappa shape index (κ2) is 8.05. The van der Waals surface area contributed by atoms with Gasteiger partial charge in [-0.15, -0.1) is 0 Å². The molecule has 2 heterocycles. The zero-order chi connectivity index (χ0) is 20.2. The van der Waals surface area contributed by atoms with E-state index in [-0.39, 0.29) is 11.5 Å². The molecule has 0 saturated carbocycles. The largest absolute Gasteiger partial charge is 0.451 e. The van der Waals surface area contributed by atoms with E-state index >= 15 is 0 Å². The third kappa shape index (κ3) is 4.06. The molecule has 0 aliphatic carbocycles. The lowest BCUT2D eigenvalue weighted by Gasteiger charge is -2.12. The number of rotatable bonds is 5. The molecule has 8 heteroatoms. The number of hydrogen-bond acceptors (Lipinski definition) is 5. The number of halogens is 1. The summed E-state index contributed by atoms with van der Waals surface area (Å²) in [5.74, 6) is -1.49. The van der Waals surface area contributed by atoms with Crippen LogP contribution in [0.2, 0.25) is 0 Å². The van der Waals surface area contributed by atoms with Crippen LogP contribution in [0.25, 0.3) is 5.69 Å². The van der Waals surface area contributed by atoms with Gasteiger partial charge in [0.05, 0.1) is 24.8 Å². The van der Waals surface area contributed by atoms with Crippen molar-refractivity contribution in [3.05, 3.63) is 84.2 Å². The van der Waals surface area contributed by atoms with Crippen molar-refractivity contribution in [2.24, 2.45) is 5.10 Å². The van der Waals surface area contributed by atoms with Crippen LogP contribution in [0, 0.1) is 5.82 Å². The topological polar surface area (TPSA) is 76.8 Å². The molecule has 7 nitrogen and oxygen atoms in total. The van der Waals surface area contributed by atoms with Crippen LogP contribution in [-0.2, 0) is 9.53 Å². The molecule has 0 fully saturated rings. The van der Waals surface area contributed by atoms with E-state index in [0.29, 0.717) is 18.7 Å². The lowest BCUT2D eigenvalue weighted by Crippen LogP contribution is -2.29. The maximum Gasteiger partial charge on any atom is 0.357 e. The van der Waals surface area contributed by atoms with Gasteiger partial charge in [0, 0.05) is 12.1 Å². The molecule has 0 saturated heterocycles. The average Bonchev–Trinajstić information content (AvgIpc) is 3.43. The SMILES string of the molecule is O=C(OCC(=O)N1CCC(c2ccccc2)=N1)c1cncn1-c1ccc(F)cc1. The lowest BCUT2D eigenvalue weighted by molar-refractivity contribution is -0.134.